The van der Waals surface area contributed by atoms with Crippen molar-refractivity contribution in [2.45, 2.75) is 12.6 Å². The number of nitro groups is 1. The van der Waals surface area contributed by atoms with Crippen LogP contribution in [-0.2, 0) is 4.79 Å². The number of nitrogens with zero attached hydrogens (tertiary/aromatic N) is 2. The van der Waals surface area contributed by atoms with E-state index in [1.54, 1.807) is 17.0 Å². The SMILES string of the molecule is O=C1CCN(c2ccc([N+](=O)[O-])cc2)CC1F. The van der Waals surface area contributed by atoms with Gasteiger partial charge in [-0.05, 0) is 12.1 Å². The number of alkyl halides is 1. The smallest absolute Gasteiger partial charge is 0.269 e. The molecule has 1 heterocycles. The van der Waals surface area contributed by atoms with Gasteiger partial charge in [0.25, 0.3) is 5.69 Å². The third-order valence-corrected chi connectivity index (χ3v) is 2.78. The third kappa shape index (κ3) is 2.41. The van der Waals surface area contributed by atoms with Crippen molar-refractivity contribution in [1.82, 2.24) is 0 Å². The fraction of sp³-hybridized carbons (Fsp3) is 0.364. The van der Waals surface area contributed by atoms with Gasteiger partial charge in [-0.3, -0.25) is 14.9 Å². The molecule has 0 saturated carbocycles. The summed E-state index contributed by atoms with van der Waals surface area (Å²) in [5.41, 5.74) is 0.699. The van der Waals surface area contributed by atoms with Gasteiger partial charge >= 0.3 is 0 Å². The van der Waals surface area contributed by atoms with E-state index in [0.717, 1.165) is 0 Å². The summed E-state index contributed by atoms with van der Waals surface area (Å²) in [7, 11) is 0. The zero-order chi connectivity index (χ0) is 12.4. The quantitative estimate of drug-likeness (QED) is 0.581. The molecular weight excluding hydrogens is 227 g/mol. The van der Waals surface area contributed by atoms with E-state index in [0.29, 0.717) is 12.2 Å². The van der Waals surface area contributed by atoms with Gasteiger partial charge in [0.1, 0.15) is 0 Å². The topological polar surface area (TPSA) is 63.5 Å². The van der Waals surface area contributed by atoms with Crippen LogP contribution in [0.4, 0.5) is 15.8 Å². The molecule has 90 valence electrons. The minimum Gasteiger partial charge on any atom is -0.368 e. The van der Waals surface area contributed by atoms with Crippen molar-refractivity contribution in [2.24, 2.45) is 0 Å². The van der Waals surface area contributed by atoms with E-state index in [4.69, 9.17) is 0 Å². The van der Waals surface area contributed by atoms with Gasteiger partial charge in [-0.25, -0.2) is 4.39 Å². The Morgan fingerprint density at radius 2 is 2.00 bits per heavy atom. The fourth-order valence-electron chi connectivity index (χ4n) is 1.81. The lowest BCUT2D eigenvalue weighted by atomic mass is 10.1. The lowest BCUT2D eigenvalue weighted by molar-refractivity contribution is -0.384. The molecule has 1 aromatic carbocycles. The van der Waals surface area contributed by atoms with Crippen LogP contribution in [0.1, 0.15) is 6.42 Å². The van der Waals surface area contributed by atoms with Gasteiger partial charge in [-0.1, -0.05) is 0 Å². The highest BCUT2D eigenvalue weighted by Gasteiger charge is 2.26. The first kappa shape index (κ1) is 11.5. The van der Waals surface area contributed by atoms with E-state index in [1.807, 2.05) is 0 Å². The average molecular weight is 238 g/mol. The number of hydrogen-bond acceptors (Lipinski definition) is 4. The van der Waals surface area contributed by atoms with Crippen LogP contribution in [0.2, 0.25) is 0 Å². The Labute approximate surface area is 97.0 Å². The predicted molar refractivity (Wildman–Crippen MR) is 59.8 cm³/mol. The van der Waals surface area contributed by atoms with Crippen LogP contribution < -0.4 is 4.90 Å². The molecule has 1 aliphatic heterocycles. The maximum Gasteiger partial charge on any atom is 0.269 e. The Morgan fingerprint density at radius 1 is 1.35 bits per heavy atom. The van der Waals surface area contributed by atoms with Gasteiger partial charge in [0.15, 0.2) is 12.0 Å². The first-order valence-corrected chi connectivity index (χ1v) is 5.24. The molecule has 0 N–H and O–H groups in total. The zero-order valence-corrected chi connectivity index (χ0v) is 9.01. The predicted octanol–water partition coefficient (Wildman–Crippen LogP) is 1.71. The lowest BCUT2D eigenvalue weighted by Crippen LogP contribution is -2.42. The largest absolute Gasteiger partial charge is 0.368 e. The van der Waals surface area contributed by atoms with Crippen LogP contribution in [0.5, 0.6) is 0 Å². The highest BCUT2D eigenvalue weighted by molar-refractivity contribution is 5.85. The van der Waals surface area contributed by atoms with Gasteiger partial charge in [0.05, 0.1) is 11.5 Å². The Kier molecular flexibility index (Phi) is 3.03. The highest BCUT2D eigenvalue weighted by atomic mass is 19.1. The minimum atomic E-state index is -1.46. The molecule has 0 aromatic heterocycles. The van der Waals surface area contributed by atoms with Crippen molar-refractivity contribution >= 4 is 17.2 Å². The number of nitro benzene ring substituents is 1. The number of piperidine rings is 1. The summed E-state index contributed by atoms with van der Waals surface area (Å²) in [6.07, 6.45) is -1.28. The number of ketones is 1. The van der Waals surface area contributed by atoms with Crippen molar-refractivity contribution < 1.29 is 14.1 Å². The van der Waals surface area contributed by atoms with E-state index in [1.165, 1.54) is 12.1 Å². The van der Waals surface area contributed by atoms with E-state index in [2.05, 4.69) is 0 Å². The molecule has 0 spiro atoms. The number of rotatable bonds is 2. The molecule has 0 radical (unpaired) electrons. The van der Waals surface area contributed by atoms with Crippen molar-refractivity contribution in [3.63, 3.8) is 0 Å². The number of anilines is 1. The van der Waals surface area contributed by atoms with Crippen LogP contribution in [0, 0.1) is 10.1 Å². The zero-order valence-electron chi connectivity index (χ0n) is 9.01. The summed E-state index contributed by atoms with van der Waals surface area (Å²) in [5, 5.41) is 10.5. The van der Waals surface area contributed by atoms with Crippen LogP contribution in [0.15, 0.2) is 24.3 Å². The molecule has 1 fully saturated rings. The molecule has 1 aromatic rings. The standard InChI is InChI=1S/C11H11FN2O3/c12-10-7-13(6-5-11(10)15)8-1-3-9(4-2-8)14(16)17/h1-4,10H,5-7H2. The minimum absolute atomic E-state index is 0.00126. The monoisotopic (exact) mass is 238 g/mol. The van der Waals surface area contributed by atoms with Gasteiger partial charge in [-0.2, -0.15) is 0 Å². The molecule has 0 aliphatic carbocycles. The summed E-state index contributed by atoms with van der Waals surface area (Å²) in [6.45, 7) is 0.480. The molecule has 6 heteroatoms. The maximum absolute atomic E-state index is 13.2. The van der Waals surface area contributed by atoms with Crippen molar-refractivity contribution in [1.29, 1.82) is 0 Å². The second kappa shape index (κ2) is 4.48. The van der Waals surface area contributed by atoms with Crippen LogP contribution in [0.3, 0.4) is 0 Å². The molecule has 5 nitrogen and oxygen atoms in total. The van der Waals surface area contributed by atoms with E-state index >= 15 is 0 Å². The maximum atomic E-state index is 13.2. The Morgan fingerprint density at radius 3 is 2.53 bits per heavy atom. The molecule has 1 unspecified atom stereocenters. The first-order valence-electron chi connectivity index (χ1n) is 5.24. The van der Waals surface area contributed by atoms with Crippen molar-refractivity contribution in [3.8, 4) is 0 Å². The second-order valence-corrected chi connectivity index (χ2v) is 3.90. The van der Waals surface area contributed by atoms with Crippen molar-refractivity contribution in [2.75, 3.05) is 18.0 Å². The van der Waals surface area contributed by atoms with Gasteiger partial charge in [0.2, 0.25) is 0 Å². The van der Waals surface area contributed by atoms with Crippen molar-refractivity contribution in [3.05, 3.63) is 34.4 Å². The number of carbonyl (C=O) groups is 1. The number of carbonyl (C=O) groups excluding carboxylic acids is 1. The first-order chi connectivity index (χ1) is 8.08. The normalized spacial score (nSPS) is 20.4. The summed E-state index contributed by atoms with van der Waals surface area (Å²) < 4.78 is 13.2. The third-order valence-electron chi connectivity index (χ3n) is 2.78. The molecule has 1 atom stereocenters. The Bertz CT molecular complexity index is 447. The molecule has 0 amide bonds. The number of halogens is 1. The van der Waals surface area contributed by atoms with Gasteiger partial charge < -0.3 is 4.90 Å². The summed E-state index contributed by atoms with van der Waals surface area (Å²) in [4.78, 5) is 22.7. The summed E-state index contributed by atoms with van der Waals surface area (Å²) >= 11 is 0. The number of Topliss-reactive ketones (excluding diaryl/α,β-unsaturated/α-hetero) is 1. The van der Waals surface area contributed by atoms with Crippen LogP contribution in [0.25, 0.3) is 0 Å². The molecule has 0 bridgehead atoms. The molecule has 1 saturated heterocycles. The van der Waals surface area contributed by atoms with E-state index in [-0.39, 0.29) is 24.4 Å². The molecule has 17 heavy (non-hydrogen) atoms. The van der Waals surface area contributed by atoms with E-state index < -0.39 is 11.1 Å². The number of non-ortho nitro benzene ring substituents is 1. The van der Waals surface area contributed by atoms with Gasteiger partial charge in [0, 0.05) is 30.8 Å². The second-order valence-electron chi connectivity index (χ2n) is 3.90. The van der Waals surface area contributed by atoms with Gasteiger partial charge in [-0.15, -0.1) is 0 Å². The Hall–Kier alpha value is -1.98. The fourth-order valence-corrected chi connectivity index (χ4v) is 1.81. The van der Waals surface area contributed by atoms with Crippen LogP contribution >= 0.6 is 0 Å². The lowest BCUT2D eigenvalue weighted by Gasteiger charge is -2.29. The number of benzene rings is 1. The molecular formula is C11H11FN2O3. The number of hydrogen-bond donors (Lipinski definition) is 0. The summed E-state index contributed by atoms with van der Waals surface area (Å²) in [6, 6.07) is 5.89. The summed E-state index contributed by atoms with van der Waals surface area (Å²) in [5.74, 6) is -0.372. The Balaban J connectivity index is 2.12. The average Bonchev–Trinajstić information content (AvgIpc) is 2.33. The van der Waals surface area contributed by atoms with E-state index in [9.17, 15) is 19.3 Å². The highest BCUT2D eigenvalue weighted by Crippen LogP contribution is 2.22. The molecule has 1 aliphatic rings. The molecule has 2 rings (SSSR count). The van der Waals surface area contributed by atoms with Crippen LogP contribution in [-0.4, -0.2) is 30.0 Å².